The number of aryl methyl sites for hydroxylation is 1. The second kappa shape index (κ2) is 7.86. The molecule has 0 aliphatic carbocycles. The van der Waals surface area contributed by atoms with Crippen LogP contribution in [0.2, 0.25) is 5.02 Å². The summed E-state index contributed by atoms with van der Waals surface area (Å²) in [6.45, 7) is 2.40. The third-order valence-electron chi connectivity index (χ3n) is 4.61. The van der Waals surface area contributed by atoms with E-state index in [1.54, 1.807) is 28.6 Å². The highest BCUT2D eigenvalue weighted by Gasteiger charge is 2.30. The molecule has 1 aliphatic rings. The third kappa shape index (κ3) is 4.04. The van der Waals surface area contributed by atoms with Crippen molar-refractivity contribution in [2.24, 2.45) is 0 Å². The van der Waals surface area contributed by atoms with Gasteiger partial charge in [-0.15, -0.1) is 5.10 Å². The van der Waals surface area contributed by atoms with Crippen molar-refractivity contribution in [3.05, 3.63) is 40.9 Å². The molecule has 8 heteroatoms. The Hall–Kier alpha value is -2.41. The summed E-state index contributed by atoms with van der Waals surface area (Å²) in [5, 5.41) is 13.9. The lowest BCUT2D eigenvalue weighted by Gasteiger charge is -2.34. The summed E-state index contributed by atoms with van der Waals surface area (Å²) in [5.74, 6) is -0.339. The molecule has 3 rings (SSSR count). The van der Waals surface area contributed by atoms with E-state index >= 15 is 0 Å². The molecule has 1 N–H and O–H groups in total. The van der Waals surface area contributed by atoms with E-state index in [1.165, 1.54) is 0 Å². The summed E-state index contributed by atoms with van der Waals surface area (Å²) in [5.41, 5.74) is 0.777. The number of aromatic nitrogens is 3. The van der Waals surface area contributed by atoms with Crippen LogP contribution < -0.4 is 0 Å². The summed E-state index contributed by atoms with van der Waals surface area (Å²) < 4.78 is 1.61. The van der Waals surface area contributed by atoms with E-state index in [9.17, 15) is 9.59 Å². The molecule has 1 saturated heterocycles. The van der Waals surface area contributed by atoms with Gasteiger partial charge in [0.1, 0.15) is 5.82 Å². The third-order valence-corrected chi connectivity index (χ3v) is 4.86. The minimum absolute atomic E-state index is 0.0557. The maximum Gasteiger partial charge on any atom is 0.303 e. The van der Waals surface area contributed by atoms with Gasteiger partial charge in [-0.1, -0.05) is 11.6 Å². The molecule has 1 amide bonds. The Morgan fingerprint density at radius 2 is 2.00 bits per heavy atom. The Labute approximate surface area is 156 Å². The van der Waals surface area contributed by atoms with Gasteiger partial charge in [0.05, 0.1) is 5.69 Å². The zero-order chi connectivity index (χ0) is 18.7. The van der Waals surface area contributed by atoms with Crippen molar-refractivity contribution in [3.63, 3.8) is 0 Å². The molecular formula is C18H21ClN4O3. The second-order valence-electron chi connectivity index (χ2n) is 6.45. The SMILES string of the molecule is Cc1nc(C(=O)N2CCCC[C@H]2CCC(=O)O)nn1-c1ccc(Cl)cc1. The molecule has 1 aliphatic heterocycles. The van der Waals surface area contributed by atoms with E-state index in [0.717, 1.165) is 24.9 Å². The van der Waals surface area contributed by atoms with Gasteiger partial charge in [-0.2, -0.15) is 0 Å². The lowest BCUT2D eigenvalue weighted by molar-refractivity contribution is -0.137. The zero-order valence-electron chi connectivity index (χ0n) is 14.6. The van der Waals surface area contributed by atoms with E-state index in [4.69, 9.17) is 16.7 Å². The average molecular weight is 377 g/mol. The number of amides is 1. The molecule has 1 aromatic carbocycles. The number of rotatable bonds is 5. The molecule has 0 bridgehead atoms. The van der Waals surface area contributed by atoms with Crippen LogP contribution in [0.5, 0.6) is 0 Å². The lowest BCUT2D eigenvalue weighted by Crippen LogP contribution is -2.44. The van der Waals surface area contributed by atoms with Crippen LogP contribution in [0.25, 0.3) is 5.69 Å². The van der Waals surface area contributed by atoms with Crippen LogP contribution in [-0.4, -0.2) is 49.2 Å². The monoisotopic (exact) mass is 376 g/mol. The first-order valence-corrected chi connectivity index (χ1v) is 9.06. The number of piperidine rings is 1. The Balaban J connectivity index is 1.81. The highest BCUT2D eigenvalue weighted by atomic mass is 35.5. The number of carbonyl (C=O) groups excluding carboxylic acids is 1. The topological polar surface area (TPSA) is 88.3 Å². The quantitative estimate of drug-likeness (QED) is 0.866. The molecule has 0 unspecified atom stereocenters. The average Bonchev–Trinajstić information content (AvgIpc) is 3.02. The Morgan fingerprint density at radius 1 is 1.27 bits per heavy atom. The minimum Gasteiger partial charge on any atom is -0.481 e. The molecule has 1 fully saturated rings. The maximum absolute atomic E-state index is 12.9. The predicted molar refractivity (Wildman–Crippen MR) is 96.7 cm³/mol. The number of halogens is 1. The Kier molecular flexibility index (Phi) is 5.56. The molecule has 2 aromatic rings. The standard InChI is InChI=1S/C18H21ClN4O3/c1-12-20-17(21-23(12)15-7-5-13(19)6-8-15)18(26)22-11-3-2-4-14(22)9-10-16(24)25/h5-8,14H,2-4,9-11H2,1H3,(H,24,25)/t14-/m0/s1. The summed E-state index contributed by atoms with van der Waals surface area (Å²) in [7, 11) is 0. The number of carboxylic acid groups (broad SMARTS) is 1. The summed E-state index contributed by atoms with van der Waals surface area (Å²) >= 11 is 5.92. The van der Waals surface area contributed by atoms with Crippen molar-refractivity contribution in [2.75, 3.05) is 6.54 Å². The molecule has 0 spiro atoms. The Morgan fingerprint density at radius 3 is 2.69 bits per heavy atom. The van der Waals surface area contributed by atoms with Gasteiger partial charge in [-0.05, 0) is 56.9 Å². The van der Waals surface area contributed by atoms with Crippen LogP contribution in [0.15, 0.2) is 24.3 Å². The van der Waals surface area contributed by atoms with Crippen LogP contribution in [0.3, 0.4) is 0 Å². The van der Waals surface area contributed by atoms with Crippen LogP contribution in [0.1, 0.15) is 48.5 Å². The zero-order valence-corrected chi connectivity index (χ0v) is 15.3. The van der Waals surface area contributed by atoms with Crippen LogP contribution in [0.4, 0.5) is 0 Å². The van der Waals surface area contributed by atoms with Gasteiger partial charge in [0.15, 0.2) is 0 Å². The summed E-state index contributed by atoms with van der Waals surface area (Å²) in [6.07, 6.45) is 3.24. The van der Waals surface area contributed by atoms with E-state index < -0.39 is 5.97 Å². The first-order valence-electron chi connectivity index (χ1n) is 8.68. The number of hydrogen-bond acceptors (Lipinski definition) is 4. The highest BCUT2D eigenvalue weighted by Crippen LogP contribution is 2.23. The van der Waals surface area contributed by atoms with Gasteiger partial charge in [-0.3, -0.25) is 9.59 Å². The van der Waals surface area contributed by atoms with Crippen molar-refractivity contribution in [3.8, 4) is 5.69 Å². The lowest BCUT2D eigenvalue weighted by atomic mass is 9.98. The first kappa shape index (κ1) is 18.4. The molecule has 1 aromatic heterocycles. The van der Waals surface area contributed by atoms with Gasteiger partial charge >= 0.3 is 5.97 Å². The number of hydrogen-bond donors (Lipinski definition) is 1. The first-order chi connectivity index (χ1) is 12.5. The van der Waals surface area contributed by atoms with Crippen LogP contribution in [0, 0.1) is 6.92 Å². The van der Waals surface area contributed by atoms with E-state index in [2.05, 4.69) is 10.1 Å². The minimum atomic E-state index is -0.844. The highest BCUT2D eigenvalue weighted by molar-refractivity contribution is 6.30. The van der Waals surface area contributed by atoms with Crippen molar-refractivity contribution in [1.82, 2.24) is 19.7 Å². The second-order valence-corrected chi connectivity index (χ2v) is 6.89. The van der Waals surface area contributed by atoms with Gasteiger partial charge < -0.3 is 10.0 Å². The smallest absolute Gasteiger partial charge is 0.303 e. The van der Waals surface area contributed by atoms with E-state index in [-0.39, 0.29) is 24.2 Å². The normalized spacial score (nSPS) is 17.3. The number of carboxylic acids is 1. The van der Waals surface area contributed by atoms with E-state index in [0.29, 0.717) is 23.8 Å². The molecule has 26 heavy (non-hydrogen) atoms. The van der Waals surface area contributed by atoms with Crippen molar-refractivity contribution < 1.29 is 14.7 Å². The van der Waals surface area contributed by atoms with Gasteiger partial charge in [0.2, 0.25) is 5.82 Å². The molecule has 0 radical (unpaired) electrons. The fourth-order valence-electron chi connectivity index (χ4n) is 3.29. The van der Waals surface area contributed by atoms with Crippen molar-refractivity contribution >= 4 is 23.5 Å². The molecule has 1 atom stereocenters. The van der Waals surface area contributed by atoms with E-state index in [1.807, 2.05) is 12.1 Å². The van der Waals surface area contributed by atoms with Crippen LogP contribution in [-0.2, 0) is 4.79 Å². The fraction of sp³-hybridized carbons (Fsp3) is 0.444. The number of likely N-dealkylation sites (tertiary alicyclic amines) is 1. The number of nitrogens with zero attached hydrogens (tertiary/aromatic N) is 4. The molecule has 2 heterocycles. The predicted octanol–water partition coefficient (Wildman–Crippen LogP) is 3.09. The van der Waals surface area contributed by atoms with Gasteiger partial charge in [0, 0.05) is 24.0 Å². The van der Waals surface area contributed by atoms with Gasteiger partial charge in [0.25, 0.3) is 5.91 Å². The molecule has 138 valence electrons. The number of aliphatic carboxylic acids is 1. The van der Waals surface area contributed by atoms with Crippen molar-refractivity contribution in [2.45, 2.75) is 45.1 Å². The summed E-state index contributed by atoms with van der Waals surface area (Å²) in [6, 6.07) is 7.07. The van der Waals surface area contributed by atoms with Crippen LogP contribution >= 0.6 is 11.6 Å². The summed E-state index contributed by atoms with van der Waals surface area (Å²) in [4.78, 5) is 29.9. The Bertz CT molecular complexity index is 803. The van der Waals surface area contributed by atoms with Gasteiger partial charge in [-0.25, -0.2) is 9.67 Å². The van der Waals surface area contributed by atoms with Crippen molar-refractivity contribution in [1.29, 1.82) is 0 Å². The molecule has 7 nitrogen and oxygen atoms in total. The fourth-order valence-corrected chi connectivity index (χ4v) is 3.42. The number of benzene rings is 1. The molecule has 0 saturated carbocycles. The number of carbonyl (C=O) groups is 2. The molecular weight excluding hydrogens is 356 g/mol. The maximum atomic E-state index is 12.9. The largest absolute Gasteiger partial charge is 0.481 e.